The van der Waals surface area contributed by atoms with E-state index in [0.717, 1.165) is 5.56 Å². The van der Waals surface area contributed by atoms with Crippen LogP contribution >= 0.6 is 23.2 Å². The van der Waals surface area contributed by atoms with Gasteiger partial charge in [-0.25, -0.2) is 0 Å². The van der Waals surface area contributed by atoms with Crippen LogP contribution in [0.3, 0.4) is 0 Å². The first-order valence-electron chi connectivity index (χ1n) is 4.26. The molecule has 1 aromatic carbocycles. The Hall–Kier alpha value is -0.680. The molecule has 0 amide bonds. The van der Waals surface area contributed by atoms with Crippen molar-refractivity contribution in [3.63, 3.8) is 0 Å². The summed E-state index contributed by atoms with van der Waals surface area (Å²) >= 11 is 11.7. The summed E-state index contributed by atoms with van der Waals surface area (Å²) in [4.78, 5) is 0. The van der Waals surface area contributed by atoms with Crippen molar-refractivity contribution < 1.29 is 0 Å². The summed E-state index contributed by atoms with van der Waals surface area (Å²) < 4.78 is 0. The van der Waals surface area contributed by atoms with Crippen molar-refractivity contribution in [3.8, 4) is 12.3 Å². The number of benzene rings is 1. The predicted octanol–water partition coefficient (Wildman–Crippen LogP) is 2.89. The van der Waals surface area contributed by atoms with Crippen LogP contribution in [-0.4, -0.2) is 6.04 Å². The Balaban J connectivity index is 2.73. The van der Waals surface area contributed by atoms with Crippen LogP contribution < -0.4 is 5.73 Å². The van der Waals surface area contributed by atoms with Gasteiger partial charge in [0.15, 0.2) is 0 Å². The van der Waals surface area contributed by atoms with Gasteiger partial charge in [0.2, 0.25) is 0 Å². The highest BCUT2D eigenvalue weighted by atomic mass is 35.5. The molecule has 0 bridgehead atoms. The van der Waals surface area contributed by atoms with Crippen molar-refractivity contribution in [3.05, 3.63) is 33.8 Å². The minimum absolute atomic E-state index is 0.0429. The van der Waals surface area contributed by atoms with Crippen LogP contribution in [0.1, 0.15) is 12.0 Å². The first-order chi connectivity index (χ1) is 6.63. The summed E-state index contributed by atoms with van der Waals surface area (Å²) in [6.07, 6.45) is 6.40. The maximum Gasteiger partial charge on any atom is 0.0453 e. The van der Waals surface area contributed by atoms with E-state index in [0.29, 0.717) is 22.9 Å². The molecule has 74 valence electrons. The van der Waals surface area contributed by atoms with Crippen molar-refractivity contribution in [2.75, 3.05) is 0 Å². The van der Waals surface area contributed by atoms with Crippen LogP contribution in [0, 0.1) is 12.3 Å². The average molecular weight is 228 g/mol. The van der Waals surface area contributed by atoms with Crippen LogP contribution in [-0.2, 0) is 6.42 Å². The quantitative estimate of drug-likeness (QED) is 0.791. The molecule has 0 radical (unpaired) electrons. The summed E-state index contributed by atoms with van der Waals surface area (Å²) in [7, 11) is 0. The molecule has 0 heterocycles. The lowest BCUT2D eigenvalue weighted by molar-refractivity contribution is 0.689. The van der Waals surface area contributed by atoms with Crippen LogP contribution in [0.2, 0.25) is 10.0 Å². The highest BCUT2D eigenvalue weighted by molar-refractivity contribution is 6.35. The maximum absolute atomic E-state index is 5.98. The lowest BCUT2D eigenvalue weighted by atomic mass is 10.0. The fourth-order valence-electron chi connectivity index (χ4n) is 1.19. The van der Waals surface area contributed by atoms with Crippen molar-refractivity contribution in [1.82, 2.24) is 0 Å². The third-order valence-corrected chi connectivity index (χ3v) is 2.46. The molecule has 1 unspecified atom stereocenters. The van der Waals surface area contributed by atoms with Crippen molar-refractivity contribution in [2.45, 2.75) is 18.9 Å². The first kappa shape index (κ1) is 11.4. The molecule has 0 aromatic heterocycles. The fraction of sp³-hybridized carbons (Fsp3) is 0.273. The average Bonchev–Trinajstić information content (AvgIpc) is 2.10. The molecular formula is C11H11Cl2N. The van der Waals surface area contributed by atoms with Gasteiger partial charge < -0.3 is 5.73 Å². The van der Waals surface area contributed by atoms with Gasteiger partial charge in [0.25, 0.3) is 0 Å². The van der Waals surface area contributed by atoms with Gasteiger partial charge in [0, 0.05) is 22.5 Å². The second kappa shape index (κ2) is 5.26. The SMILES string of the molecule is C#CCC(N)Cc1ccc(Cl)cc1Cl. The second-order valence-corrected chi connectivity index (χ2v) is 3.95. The zero-order valence-electron chi connectivity index (χ0n) is 7.63. The molecule has 0 saturated carbocycles. The van der Waals surface area contributed by atoms with Crippen molar-refractivity contribution >= 4 is 23.2 Å². The summed E-state index contributed by atoms with van der Waals surface area (Å²) in [5.41, 5.74) is 6.77. The van der Waals surface area contributed by atoms with E-state index < -0.39 is 0 Å². The number of hydrogen-bond acceptors (Lipinski definition) is 1. The number of rotatable bonds is 3. The van der Waals surface area contributed by atoms with E-state index >= 15 is 0 Å². The van der Waals surface area contributed by atoms with E-state index in [1.807, 2.05) is 6.07 Å². The standard InChI is InChI=1S/C11H11Cl2N/c1-2-3-10(14)6-8-4-5-9(12)7-11(8)13/h1,4-5,7,10H,3,6,14H2. The smallest absolute Gasteiger partial charge is 0.0453 e. The third kappa shape index (κ3) is 3.23. The number of terminal acetylenes is 1. The maximum atomic E-state index is 5.98. The van der Waals surface area contributed by atoms with Gasteiger partial charge in [-0.2, -0.15) is 0 Å². The lowest BCUT2D eigenvalue weighted by Crippen LogP contribution is -2.22. The van der Waals surface area contributed by atoms with Crippen LogP contribution in [0.5, 0.6) is 0 Å². The Bertz CT molecular complexity index is 355. The Morgan fingerprint density at radius 3 is 2.71 bits per heavy atom. The highest BCUT2D eigenvalue weighted by Gasteiger charge is 2.06. The molecule has 1 aromatic rings. The van der Waals surface area contributed by atoms with Gasteiger partial charge in [-0.05, 0) is 24.1 Å². The molecule has 2 N–H and O–H groups in total. The minimum atomic E-state index is -0.0429. The normalized spacial score (nSPS) is 12.1. The number of nitrogens with two attached hydrogens (primary N) is 1. The molecule has 0 aliphatic rings. The van der Waals surface area contributed by atoms with Crippen LogP contribution in [0.4, 0.5) is 0 Å². The molecule has 0 saturated heterocycles. The molecule has 0 fully saturated rings. The molecule has 3 heteroatoms. The first-order valence-corrected chi connectivity index (χ1v) is 5.02. The second-order valence-electron chi connectivity index (χ2n) is 3.11. The highest BCUT2D eigenvalue weighted by Crippen LogP contribution is 2.22. The molecule has 1 nitrogen and oxygen atoms in total. The van der Waals surface area contributed by atoms with E-state index in [1.165, 1.54) is 0 Å². The summed E-state index contributed by atoms with van der Waals surface area (Å²) in [5, 5.41) is 1.27. The number of hydrogen-bond donors (Lipinski definition) is 1. The molecular weight excluding hydrogens is 217 g/mol. The number of halogens is 2. The van der Waals surface area contributed by atoms with Crippen molar-refractivity contribution in [1.29, 1.82) is 0 Å². The van der Waals surface area contributed by atoms with Gasteiger partial charge in [0.1, 0.15) is 0 Å². The molecule has 1 atom stereocenters. The predicted molar refractivity (Wildman–Crippen MR) is 61.6 cm³/mol. The summed E-state index contributed by atoms with van der Waals surface area (Å²) in [5.74, 6) is 2.52. The van der Waals surface area contributed by atoms with Gasteiger partial charge in [-0.1, -0.05) is 29.3 Å². The summed E-state index contributed by atoms with van der Waals surface area (Å²) in [6.45, 7) is 0. The van der Waals surface area contributed by atoms with Crippen molar-refractivity contribution in [2.24, 2.45) is 5.73 Å². The minimum Gasteiger partial charge on any atom is -0.327 e. The largest absolute Gasteiger partial charge is 0.327 e. The molecule has 0 spiro atoms. The Kier molecular flexibility index (Phi) is 4.28. The van der Waals surface area contributed by atoms with Crippen LogP contribution in [0.15, 0.2) is 18.2 Å². The molecule has 0 aliphatic heterocycles. The molecule has 14 heavy (non-hydrogen) atoms. The van der Waals surface area contributed by atoms with Gasteiger partial charge in [-0.15, -0.1) is 12.3 Å². The zero-order valence-corrected chi connectivity index (χ0v) is 9.15. The van der Waals surface area contributed by atoms with E-state index in [9.17, 15) is 0 Å². The van der Waals surface area contributed by atoms with E-state index in [2.05, 4.69) is 5.92 Å². The van der Waals surface area contributed by atoms with Gasteiger partial charge in [-0.3, -0.25) is 0 Å². The van der Waals surface area contributed by atoms with Gasteiger partial charge >= 0.3 is 0 Å². The fourth-order valence-corrected chi connectivity index (χ4v) is 1.68. The van der Waals surface area contributed by atoms with Crippen LogP contribution in [0.25, 0.3) is 0 Å². The Labute approximate surface area is 94.2 Å². The Morgan fingerprint density at radius 1 is 1.43 bits per heavy atom. The molecule has 0 aliphatic carbocycles. The van der Waals surface area contributed by atoms with Gasteiger partial charge in [0.05, 0.1) is 0 Å². The third-order valence-electron chi connectivity index (χ3n) is 1.88. The van der Waals surface area contributed by atoms with E-state index in [1.54, 1.807) is 12.1 Å². The molecule has 1 rings (SSSR count). The van der Waals surface area contributed by atoms with E-state index in [4.69, 9.17) is 35.4 Å². The lowest BCUT2D eigenvalue weighted by Gasteiger charge is -2.09. The van der Waals surface area contributed by atoms with E-state index in [-0.39, 0.29) is 6.04 Å². The zero-order chi connectivity index (χ0) is 10.6. The topological polar surface area (TPSA) is 26.0 Å². The monoisotopic (exact) mass is 227 g/mol. The Morgan fingerprint density at radius 2 is 2.14 bits per heavy atom. The summed E-state index contributed by atoms with van der Waals surface area (Å²) in [6, 6.07) is 5.34.